The van der Waals surface area contributed by atoms with Crippen molar-refractivity contribution in [2.24, 2.45) is 40.7 Å². The van der Waals surface area contributed by atoms with Gasteiger partial charge in [-0.1, -0.05) is 68.9 Å². The molecule has 5 aliphatic carbocycles. The van der Waals surface area contributed by atoms with Crippen LogP contribution in [0.1, 0.15) is 159 Å². The average Bonchev–Trinajstić information content (AvgIpc) is 4.25. The second kappa shape index (κ2) is 21.2. The molecule has 11 heteroatoms. The fraction of sp³-hybridized carbons (Fsp3) is 0.541. The Kier molecular flexibility index (Phi) is 14.5. The summed E-state index contributed by atoms with van der Waals surface area (Å²) in [5.74, 6) is 4.50. The minimum absolute atomic E-state index is 0.00185. The lowest BCUT2D eigenvalue weighted by atomic mass is 9.66. The molecule has 11 rings (SSSR count). The van der Waals surface area contributed by atoms with Crippen molar-refractivity contribution >= 4 is 27.8 Å². The van der Waals surface area contributed by atoms with Gasteiger partial charge in [-0.05, 0) is 169 Å². The maximum absolute atomic E-state index is 11.7. The van der Waals surface area contributed by atoms with Crippen LogP contribution in [-0.4, -0.2) is 67.3 Å². The number of rotatable bonds is 18. The highest BCUT2D eigenvalue weighted by Gasteiger charge is 2.52. The van der Waals surface area contributed by atoms with Gasteiger partial charge in [-0.2, -0.15) is 0 Å². The molecule has 3 heterocycles. The van der Waals surface area contributed by atoms with Gasteiger partial charge >= 0.3 is 0 Å². The Morgan fingerprint density at radius 2 is 1.78 bits per heavy atom. The van der Waals surface area contributed by atoms with Crippen molar-refractivity contribution in [3.05, 3.63) is 124 Å². The van der Waals surface area contributed by atoms with Gasteiger partial charge in [0.25, 0.3) is 0 Å². The first kappa shape index (κ1) is 49.3. The minimum atomic E-state index is -0.895. The SMILES string of the molecule is CC(O)CNCC1c2cc(C(O)COc3cc(CCc4cc(CO)c(CCCCC5CCC(C6C=Cc7c(ccc8cc9[nH]ccc9cc78)C6O)C(N)C5)o4)ccc3O)[nH]c2CC2(CCCC2)C2CCCC12. The van der Waals surface area contributed by atoms with E-state index in [0.717, 1.165) is 109 Å². The lowest BCUT2D eigenvalue weighted by Gasteiger charge is -2.41. The molecule has 72 heavy (non-hydrogen) atoms. The molecule has 0 saturated heterocycles. The van der Waals surface area contributed by atoms with Crippen LogP contribution >= 0.6 is 0 Å². The van der Waals surface area contributed by atoms with Crippen molar-refractivity contribution in [1.82, 2.24) is 15.3 Å². The number of H-pyrrole nitrogens is 2. The smallest absolute Gasteiger partial charge is 0.161 e. The summed E-state index contributed by atoms with van der Waals surface area (Å²) in [4.78, 5) is 7.01. The molecule has 1 spiro atoms. The number of aromatic amines is 2. The molecule has 3 aromatic heterocycles. The van der Waals surface area contributed by atoms with Crippen LogP contribution < -0.4 is 15.8 Å². The van der Waals surface area contributed by atoms with E-state index in [2.05, 4.69) is 63.8 Å². The zero-order valence-electron chi connectivity index (χ0n) is 42.3. The molecule has 0 radical (unpaired) electrons. The Balaban J connectivity index is 0.657. The van der Waals surface area contributed by atoms with Crippen LogP contribution in [0.5, 0.6) is 11.5 Å². The summed E-state index contributed by atoms with van der Waals surface area (Å²) in [5.41, 5.74) is 15.6. The number of phenolic OH excluding ortho intramolecular Hbond substituents is 1. The highest BCUT2D eigenvalue weighted by atomic mass is 16.5. The molecule has 6 aromatic rings. The summed E-state index contributed by atoms with van der Waals surface area (Å²) in [6.45, 7) is 3.15. The Labute approximate surface area is 424 Å². The number of ether oxygens (including phenoxy) is 1. The Morgan fingerprint density at radius 3 is 2.61 bits per heavy atom. The normalized spacial score (nSPS) is 26.5. The zero-order valence-corrected chi connectivity index (χ0v) is 42.3. The first-order valence-electron chi connectivity index (χ1n) is 27.6. The van der Waals surface area contributed by atoms with Crippen molar-refractivity contribution in [3.8, 4) is 11.5 Å². The minimum Gasteiger partial charge on any atom is -0.504 e. The number of aryl methyl sites for hydroxylation is 3. The quantitative estimate of drug-likeness (QED) is 0.0377. The number of nitrogens with two attached hydrogens (primary N) is 1. The van der Waals surface area contributed by atoms with Gasteiger partial charge < -0.3 is 55.7 Å². The molecule has 10 unspecified atom stereocenters. The van der Waals surface area contributed by atoms with Gasteiger partial charge in [0.1, 0.15) is 24.2 Å². The molecule has 0 aliphatic heterocycles. The summed E-state index contributed by atoms with van der Waals surface area (Å²) in [6, 6.07) is 20.3. The summed E-state index contributed by atoms with van der Waals surface area (Å²) >= 11 is 0. The van der Waals surface area contributed by atoms with Crippen LogP contribution in [0.15, 0.2) is 77.4 Å². The number of hydrogen-bond donors (Lipinski definition) is 9. The van der Waals surface area contributed by atoms with E-state index in [9.17, 15) is 25.5 Å². The number of nitrogens with one attached hydrogen (secondary N) is 3. The highest BCUT2D eigenvalue weighted by Crippen LogP contribution is 2.60. The van der Waals surface area contributed by atoms with Gasteiger partial charge in [-0.15, -0.1) is 0 Å². The molecule has 0 bridgehead atoms. The Hall–Kier alpha value is -4.88. The fourth-order valence-electron chi connectivity index (χ4n) is 14.9. The first-order chi connectivity index (χ1) is 35.0. The highest BCUT2D eigenvalue weighted by molar-refractivity contribution is 6.01. The van der Waals surface area contributed by atoms with Crippen molar-refractivity contribution in [1.29, 1.82) is 0 Å². The lowest BCUT2D eigenvalue weighted by Crippen LogP contribution is -2.42. The third-order valence-electron chi connectivity index (χ3n) is 18.5. The van der Waals surface area contributed by atoms with E-state index in [-0.39, 0.29) is 36.8 Å². The van der Waals surface area contributed by atoms with Crippen LogP contribution in [0, 0.1) is 35.0 Å². The lowest BCUT2D eigenvalue weighted by molar-refractivity contribution is 0.0653. The van der Waals surface area contributed by atoms with Gasteiger partial charge in [0.05, 0.1) is 18.8 Å². The van der Waals surface area contributed by atoms with E-state index in [1.165, 1.54) is 72.4 Å². The number of fused-ring (bicyclic) bond motifs is 7. The largest absolute Gasteiger partial charge is 0.504 e. The van der Waals surface area contributed by atoms with Gasteiger partial charge in [-0.25, -0.2) is 0 Å². The van der Waals surface area contributed by atoms with Gasteiger partial charge in [0.2, 0.25) is 0 Å². The standard InChI is InChI=1S/C61H78N4O7/c1-36(67)32-63-33-50-44-8-6-9-51(44)61(22-4-5-23-61)31-55-49(50)30-54(65-55)57(69)35-71-59-26-38(13-20-56(59)68)11-15-42-27-41(34-66)58(72-42)10-3-2-7-37-12-16-45(52(62)25-37)47-19-18-43-46(60(47)70)17-14-39-29-53-40(21-24-64-53)28-48(39)43/h13-14,17-21,24,26-30,36-37,44-45,47,50-52,57,60,63-70H,2-12,15-16,22-23,25,31-35,62H2,1H3. The maximum atomic E-state index is 11.7. The van der Waals surface area contributed by atoms with Crippen LogP contribution in [0.25, 0.3) is 27.8 Å². The van der Waals surface area contributed by atoms with Crippen molar-refractivity contribution in [2.75, 3.05) is 19.7 Å². The van der Waals surface area contributed by atoms with E-state index < -0.39 is 18.3 Å². The number of aromatic nitrogens is 2. The van der Waals surface area contributed by atoms with E-state index >= 15 is 0 Å². The summed E-state index contributed by atoms with van der Waals surface area (Å²) in [7, 11) is 0. The van der Waals surface area contributed by atoms with E-state index in [4.69, 9.17) is 14.9 Å². The molecule has 11 nitrogen and oxygen atoms in total. The second-order valence-electron chi connectivity index (χ2n) is 23.0. The Bertz CT molecular complexity index is 2850. The molecule has 3 saturated carbocycles. The first-order valence-corrected chi connectivity index (χ1v) is 27.6. The summed E-state index contributed by atoms with van der Waals surface area (Å²) < 4.78 is 12.5. The van der Waals surface area contributed by atoms with Crippen LogP contribution in [0.4, 0.5) is 0 Å². The van der Waals surface area contributed by atoms with Crippen LogP contribution in [-0.2, 0) is 32.3 Å². The van der Waals surface area contributed by atoms with Gasteiger partial charge in [-0.3, -0.25) is 0 Å². The second-order valence-corrected chi connectivity index (χ2v) is 23.0. The number of hydrogen-bond acceptors (Lipinski definition) is 9. The van der Waals surface area contributed by atoms with Crippen molar-refractivity contribution in [2.45, 2.75) is 153 Å². The van der Waals surface area contributed by atoms with Crippen molar-refractivity contribution in [3.63, 3.8) is 0 Å². The molecule has 0 amide bonds. The molecular formula is C61H78N4O7. The van der Waals surface area contributed by atoms with E-state index in [0.29, 0.717) is 48.3 Å². The number of aliphatic hydroxyl groups excluding tert-OH is 4. The van der Waals surface area contributed by atoms with Gasteiger partial charge in [0, 0.05) is 77.9 Å². The third-order valence-corrected chi connectivity index (χ3v) is 18.5. The molecule has 10 atom stereocenters. The topological polar surface area (TPSA) is 193 Å². The summed E-state index contributed by atoms with van der Waals surface area (Å²) in [5, 5.41) is 61.6. The number of aromatic hydroxyl groups is 1. The zero-order chi connectivity index (χ0) is 49.5. The van der Waals surface area contributed by atoms with Crippen LogP contribution in [0.3, 0.4) is 0 Å². The molecular weight excluding hydrogens is 901 g/mol. The number of benzene rings is 3. The molecule has 3 aromatic carbocycles. The predicted molar refractivity (Wildman–Crippen MR) is 284 cm³/mol. The number of furan rings is 1. The number of unbranched alkanes of at least 4 members (excludes halogenated alkanes) is 1. The summed E-state index contributed by atoms with van der Waals surface area (Å²) in [6.07, 6.45) is 22.8. The fourth-order valence-corrected chi connectivity index (χ4v) is 14.9. The van der Waals surface area contributed by atoms with E-state index in [1.54, 1.807) is 6.07 Å². The molecule has 10 N–H and O–H groups in total. The number of phenols is 1. The molecule has 384 valence electrons. The van der Waals surface area contributed by atoms with Gasteiger partial charge in [0.15, 0.2) is 11.5 Å². The average molecular weight is 979 g/mol. The molecule has 5 aliphatic rings. The monoisotopic (exact) mass is 979 g/mol. The predicted octanol–water partition coefficient (Wildman–Crippen LogP) is 10.8. The number of aliphatic hydroxyl groups is 4. The van der Waals surface area contributed by atoms with Crippen molar-refractivity contribution < 1.29 is 34.7 Å². The third kappa shape index (κ3) is 9.94. The maximum Gasteiger partial charge on any atom is 0.161 e. The molecule has 3 fully saturated rings. The van der Waals surface area contributed by atoms with E-state index in [1.807, 2.05) is 31.3 Å². The Morgan fingerprint density at radius 1 is 0.903 bits per heavy atom. The van der Waals surface area contributed by atoms with Crippen LogP contribution in [0.2, 0.25) is 0 Å².